The summed E-state index contributed by atoms with van der Waals surface area (Å²) >= 11 is 0. The van der Waals surface area contributed by atoms with Crippen molar-refractivity contribution in [3.05, 3.63) is 35.4 Å². The maximum Gasteiger partial charge on any atom is 0.303 e. The largest absolute Gasteiger partial charge is 0.481 e. The lowest BCUT2D eigenvalue weighted by molar-refractivity contribution is -0.138. The molecule has 0 saturated carbocycles. The van der Waals surface area contributed by atoms with Crippen LogP contribution in [0.25, 0.3) is 0 Å². The number of carboxylic acids is 1. The third-order valence-corrected chi connectivity index (χ3v) is 3.29. The van der Waals surface area contributed by atoms with Gasteiger partial charge in [0.15, 0.2) is 0 Å². The summed E-state index contributed by atoms with van der Waals surface area (Å²) in [6.07, 6.45) is 5.83. The number of hydrogen-bond acceptors (Lipinski definition) is 1. The molecule has 0 aliphatic heterocycles. The van der Waals surface area contributed by atoms with Crippen LogP contribution in [0.15, 0.2) is 24.3 Å². The van der Waals surface area contributed by atoms with Gasteiger partial charge in [-0.3, -0.25) is 4.79 Å². The number of benzene rings is 1. The molecule has 0 amide bonds. The third kappa shape index (κ3) is 5.85. The molecule has 1 rings (SSSR count). The van der Waals surface area contributed by atoms with Crippen molar-refractivity contribution in [1.29, 1.82) is 0 Å². The Hall–Kier alpha value is -1.31. The number of rotatable bonds is 8. The van der Waals surface area contributed by atoms with Gasteiger partial charge in [-0.15, -0.1) is 0 Å². The summed E-state index contributed by atoms with van der Waals surface area (Å²) in [5, 5.41) is 8.70. The second-order valence-corrected chi connectivity index (χ2v) is 5.16. The number of hydrogen-bond donors (Lipinski definition) is 1. The average Bonchev–Trinajstić information content (AvgIpc) is 2.34. The normalized spacial score (nSPS) is 12.3. The van der Waals surface area contributed by atoms with Crippen molar-refractivity contribution in [1.82, 2.24) is 0 Å². The third-order valence-electron chi connectivity index (χ3n) is 3.29. The van der Waals surface area contributed by atoms with E-state index >= 15 is 0 Å². The number of aliphatic carboxylic acids is 1. The Labute approximate surface area is 110 Å². The average molecular weight is 248 g/mol. The fourth-order valence-corrected chi connectivity index (χ4v) is 2.07. The monoisotopic (exact) mass is 248 g/mol. The number of carboxylic acid groups (broad SMARTS) is 1. The molecule has 1 aromatic rings. The molecule has 0 saturated heterocycles. The van der Waals surface area contributed by atoms with E-state index in [0.29, 0.717) is 0 Å². The molecule has 0 aliphatic carbocycles. The highest BCUT2D eigenvalue weighted by atomic mass is 16.4. The molecule has 100 valence electrons. The van der Waals surface area contributed by atoms with Gasteiger partial charge in [-0.1, -0.05) is 44.5 Å². The zero-order chi connectivity index (χ0) is 13.4. The van der Waals surface area contributed by atoms with Crippen LogP contribution in [0.1, 0.15) is 50.7 Å². The van der Waals surface area contributed by atoms with Crippen molar-refractivity contribution >= 4 is 5.97 Å². The van der Waals surface area contributed by atoms with Gasteiger partial charge in [0.05, 0.1) is 0 Å². The molecule has 0 aromatic heterocycles. The second kappa shape index (κ2) is 7.91. The van der Waals surface area contributed by atoms with Gasteiger partial charge in [0.1, 0.15) is 0 Å². The minimum Gasteiger partial charge on any atom is -0.481 e. The summed E-state index contributed by atoms with van der Waals surface area (Å²) in [5.74, 6) is -0.445. The van der Waals surface area contributed by atoms with Gasteiger partial charge in [0, 0.05) is 6.42 Å². The van der Waals surface area contributed by atoms with Crippen molar-refractivity contribution in [2.45, 2.75) is 52.4 Å². The highest BCUT2D eigenvalue weighted by Gasteiger charge is 2.07. The molecule has 2 nitrogen and oxygen atoms in total. The summed E-state index contributed by atoms with van der Waals surface area (Å²) in [7, 11) is 0. The van der Waals surface area contributed by atoms with E-state index in [1.54, 1.807) is 0 Å². The van der Waals surface area contributed by atoms with Crippen LogP contribution in [0.2, 0.25) is 0 Å². The highest BCUT2D eigenvalue weighted by molar-refractivity contribution is 5.66. The summed E-state index contributed by atoms with van der Waals surface area (Å²) in [6, 6.07) is 8.76. The van der Waals surface area contributed by atoms with Crippen molar-refractivity contribution in [3.63, 3.8) is 0 Å². The van der Waals surface area contributed by atoms with Crippen LogP contribution in [0, 0.1) is 5.92 Å². The Bertz CT molecular complexity index is 354. The fourth-order valence-electron chi connectivity index (χ4n) is 2.07. The van der Waals surface area contributed by atoms with Gasteiger partial charge in [-0.25, -0.2) is 0 Å². The molecule has 18 heavy (non-hydrogen) atoms. The summed E-state index contributed by atoms with van der Waals surface area (Å²) in [4.78, 5) is 10.6. The van der Waals surface area contributed by atoms with Crippen molar-refractivity contribution in [3.8, 4) is 0 Å². The number of aryl methyl sites for hydroxylation is 2. The summed E-state index contributed by atoms with van der Waals surface area (Å²) < 4.78 is 0. The first-order valence-corrected chi connectivity index (χ1v) is 6.91. The molecular formula is C16H24O2. The van der Waals surface area contributed by atoms with E-state index in [1.807, 2.05) is 6.92 Å². The molecule has 0 bridgehead atoms. The van der Waals surface area contributed by atoms with Gasteiger partial charge in [0.2, 0.25) is 0 Å². The lowest BCUT2D eigenvalue weighted by Crippen LogP contribution is -2.05. The van der Waals surface area contributed by atoms with Crippen LogP contribution in [0.4, 0.5) is 0 Å². The Morgan fingerprint density at radius 2 is 1.72 bits per heavy atom. The first-order valence-electron chi connectivity index (χ1n) is 6.91. The molecule has 0 heterocycles. The minimum absolute atomic E-state index is 0.252. The van der Waals surface area contributed by atoms with Crippen LogP contribution in [-0.2, 0) is 17.6 Å². The van der Waals surface area contributed by atoms with E-state index in [0.717, 1.165) is 19.3 Å². The predicted octanol–water partition coefficient (Wildman–Crippen LogP) is 4.07. The SMILES string of the molecule is CCCCc1ccc(CCC(C)CC(=O)O)cc1. The molecule has 1 aromatic carbocycles. The van der Waals surface area contributed by atoms with Crippen LogP contribution < -0.4 is 0 Å². The van der Waals surface area contributed by atoms with Gasteiger partial charge < -0.3 is 5.11 Å². The van der Waals surface area contributed by atoms with Crippen molar-refractivity contribution < 1.29 is 9.90 Å². The number of unbranched alkanes of at least 4 members (excludes halogenated alkanes) is 1. The molecule has 1 atom stereocenters. The Balaban J connectivity index is 2.36. The topological polar surface area (TPSA) is 37.3 Å². The lowest BCUT2D eigenvalue weighted by Gasteiger charge is -2.09. The van der Waals surface area contributed by atoms with E-state index in [1.165, 1.54) is 24.0 Å². The van der Waals surface area contributed by atoms with E-state index < -0.39 is 5.97 Å². The first kappa shape index (κ1) is 14.7. The minimum atomic E-state index is -0.697. The Morgan fingerprint density at radius 3 is 2.22 bits per heavy atom. The van der Waals surface area contributed by atoms with Gasteiger partial charge in [0.25, 0.3) is 0 Å². The van der Waals surface area contributed by atoms with Crippen LogP contribution in [0.3, 0.4) is 0 Å². The molecule has 1 N–H and O–H groups in total. The Kier molecular flexibility index (Phi) is 6.48. The zero-order valence-electron chi connectivity index (χ0n) is 11.5. The maximum absolute atomic E-state index is 10.6. The molecular weight excluding hydrogens is 224 g/mol. The highest BCUT2D eigenvalue weighted by Crippen LogP contribution is 2.14. The van der Waals surface area contributed by atoms with Crippen LogP contribution in [0.5, 0.6) is 0 Å². The zero-order valence-corrected chi connectivity index (χ0v) is 11.5. The van der Waals surface area contributed by atoms with Crippen molar-refractivity contribution in [2.75, 3.05) is 0 Å². The molecule has 0 fully saturated rings. The molecule has 1 unspecified atom stereocenters. The molecule has 2 heteroatoms. The summed E-state index contributed by atoms with van der Waals surface area (Å²) in [6.45, 7) is 4.21. The fraction of sp³-hybridized carbons (Fsp3) is 0.562. The van der Waals surface area contributed by atoms with E-state index in [4.69, 9.17) is 5.11 Å². The molecule has 0 aliphatic rings. The van der Waals surface area contributed by atoms with Gasteiger partial charge in [-0.05, 0) is 42.7 Å². The van der Waals surface area contributed by atoms with E-state index in [2.05, 4.69) is 31.2 Å². The first-order chi connectivity index (χ1) is 8.61. The second-order valence-electron chi connectivity index (χ2n) is 5.16. The maximum atomic E-state index is 10.6. The number of carbonyl (C=O) groups is 1. The predicted molar refractivity (Wildman–Crippen MR) is 74.8 cm³/mol. The van der Waals surface area contributed by atoms with E-state index in [9.17, 15) is 4.79 Å². The van der Waals surface area contributed by atoms with Gasteiger partial charge in [-0.2, -0.15) is 0 Å². The van der Waals surface area contributed by atoms with Crippen LogP contribution >= 0.6 is 0 Å². The summed E-state index contributed by atoms with van der Waals surface area (Å²) in [5.41, 5.74) is 2.71. The smallest absolute Gasteiger partial charge is 0.303 e. The van der Waals surface area contributed by atoms with E-state index in [-0.39, 0.29) is 12.3 Å². The molecule has 0 spiro atoms. The van der Waals surface area contributed by atoms with Gasteiger partial charge >= 0.3 is 5.97 Å². The van der Waals surface area contributed by atoms with Crippen LogP contribution in [-0.4, -0.2) is 11.1 Å². The quantitative estimate of drug-likeness (QED) is 0.753. The van der Waals surface area contributed by atoms with Crippen molar-refractivity contribution in [2.24, 2.45) is 5.92 Å². The Morgan fingerprint density at radius 1 is 1.17 bits per heavy atom. The lowest BCUT2D eigenvalue weighted by atomic mass is 9.97. The molecule has 0 radical (unpaired) electrons. The standard InChI is InChI=1S/C16H24O2/c1-3-4-5-14-8-10-15(11-9-14)7-6-13(2)12-16(17)18/h8-11,13H,3-7,12H2,1-2H3,(H,17,18).